The summed E-state index contributed by atoms with van der Waals surface area (Å²) in [6.45, 7) is 7.25. The third-order valence-electron chi connectivity index (χ3n) is 6.78. The summed E-state index contributed by atoms with van der Waals surface area (Å²) in [7, 11) is 0. The van der Waals surface area contributed by atoms with Crippen LogP contribution in [0.15, 0.2) is 60.9 Å². The van der Waals surface area contributed by atoms with Gasteiger partial charge in [-0.3, -0.25) is 24.3 Å². The number of nitrogens with one attached hydrogen (secondary N) is 2. The second-order valence-electron chi connectivity index (χ2n) is 10.5. The fourth-order valence-electron chi connectivity index (χ4n) is 5.52. The molecule has 9 heteroatoms. The normalized spacial score (nSPS) is 30.9. The lowest BCUT2D eigenvalue weighted by Crippen LogP contribution is -2.58. The molecule has 1 aromatic heterocycles. The molecule has 3 aliphatic heterocycles. The Balaban J connectivity index is 1.59. The molecule has 2 N–H and O–H groups in total. The number of halogens is 1. The third kappa shape index (κ3) is 3.53. The van der Waals surface area contributed by atoms with Gasteiger partial charge in [0.15, 0.2) is 0 Å². The second kappa shape index (κ2) is 7.71. The van der Waals surface area contributed by atoms with Crippen LogP contribution >= 0.6 is 0 Å². The fraction of sp³-hybridized carbons (Fsp3) is 0.385. The number of para-hydroxylation sites is 1. The number of amides is 3. The molecule has 35 heavy (non-hydrogen) atoms. The Morgan fingerprint density at radius 3 is 2.51 bits per heavy atom. The third-order valence-corrected chi connectivity index (χ3v) is 6.78. The number of rotatable bonds is 4. The number of hydrogen-bond acceptors (Lipinski definition) is 5. The smallest absolute Gasteiger partial charge is 0.246 e. The maximum atomic E-state index is 14.3. The molecular weight excluding hydrogens is 451 g/mol. The monoisotopic (exact) mass is 478 g/mol. The highest BCUT2D eigenvalue weighted by Crippen LogP contribution is 2.60. The first-order chi connectivity index (χ1) is 16.5. The number of ether oxygens (including phenoxy) is 1. The summed E-state index contributed by atoms with van der Waals surface area (Å²) < 4.78 is 20.7. The van der Waals surface area contributed by atoms with E-state index in [1.54, 1.807) is 43.5 Å². The van der Waals surface area contributed by atoms with Crippen molar-refractivity contribution in [2.24, 2.45) is 11.8 Å². The summed E-state index contributed by atoms with van der Waals surface area (Å²) in [5, 5.41) is 5.58. The van der Waals surface area contributed by atoms with Crippen molar-refractivity contribution in [1.82, 2.24) is 10.3 Å². The first kappa shape index (κ1) is 23.2. The summed E-state index contributed by atoms with van der Waals surface area (Å²) in [5.74, 6) is -3.93. The van der Waals surface area contributed by atoms with Crippen LogP contribution in [0, 0.1) is 17.7 Å². The van der Waals surface area contributed by atoms with Crippen molar-refractivity contribution in [3.8, 4) is 0 Å². The summed E-state index contributed by atoms with van der Waals surface area (Å²) in [6, 6.07) is 8.12. The van der Waals surface area contributed by atoms with Gasteiger partial charge >= 0.3 is 0 Å². The quantitative estimate of drug-likeness (QED) is 0.659. The van der Waals surface area contributed by atoms with Crippen LogP contribution in [-0.2, 0) is 19.1 Å². The molecule has 8 nitrogen and oxygen atoms in total. The molecule has 0 unspecified atom stereocenters. The van der Waals surface area contributed by atoms with Gasteiger partial charge < -0.3 is 15.4 Å². The Morgan fingerprint density at radius 1 is 1.11 bits per heavy atom. The highest BCUT2D eigenvalue weighted by molar-refractivity contribution is 6.11. The van der Waals surface area contributed by atoms with E-state index in [4.69, 9.17) is 4.74 Å². The Bertz CT molecular complexity index is 1240. The van der Waals surface area contributed by atoms with Crippen LogP contribution < -0.4 is 15.5 Å². The second-order valence-corrected chi connectivity index (χ2v) is 10.5. The molecule has 0 radical (unpaired) electrons. The number of anilines is 2. The Labute approximate surface area is 202 Å². The number of carbonyl (C=O) groups is 3. The summed E-state index contributed by atoms with van der Waals surface area (Å²) in [6.07, 6.45) is 6.53. The first-order valence-corrected chi connectivity index (χ1v) is 11.5. The number of hydrogen-bond donors (Lipinski definition) is 2. The maximum absolute atomic E-state index is 14.3. The molecular formula is C26H27FN4O4. The van der Waals surface area contributed by atoms with Crippen LogP contribution in [0.1, 0.15) is 27.7 Å². The zero-order chi connectivity index (χ0) is 25.2. The van der Waals surface area contributed by atoms with Gasteiger partial charge in [0.25, 0.3) is 0 Å². The van der Waals surface area contributed by atoms with Crippen molar-refractivity contribution in [2.75, 3.05) is 10.2 Å². The molecule has 182 valence electrons. The SMILES string of the molecule is CC(C)(C)NC(=O)[C@@H]1N(c2cccnc2)C(=O)[C@@H]2[C@H](C(=O)Nc3ccccc3F)[C@@]3(C)C=C[C@]21O3. The standard InChI is InChI=1S/C26H27FN4O4/c1-24(2,3)30-22(33)20-26-12-11-25(4,35-26)18(21(32)29-17-10-6-5-9-16(17)27)19(26)23(34)31(20)15-8-7-13-28-14-15/h5-14,18-20H,1-4H3,(H,29,32)(H,30,33)/t18-,19+,20+,25-,26+/m1/s1. The number of fused-ring (bicyclic) bond motifs is 1. The number of carbonyl (C=O) groups excluding carboxylic acids is 3. The lowest BCUT2D eigenvalue weighted by atomic mass is 9.70. The fourth-order valence-corrected chi connectivity index (χ4v) is 5.52. The molecule has 1 spiro atoms. The van der Waals surface area contributed by atoms with Crippen LogP contribution in [0.25, 0.3) is 0 Å². The molecule has 2 saturated heterocycles. The predicted octanol–water partition coefficient (Wildman–Crippen LogP) is 2.82. The van der Waals surface area contributed by atoms with Gasteiger partial charge in [-0.2, -0.15) is 0 Å². The van der Waals surface area contributed by atoms with Gasteiger partial charge in [0.05, 0.1) is 35.0 Å². The van der Waals surface area contributed by atoms with E-state index in [2.05, 4.69) is 15.6 Å². The number of nitrogens with zero attached hydrogens (tertiary/aromatic N) is 2. The van der Waals surface area contributed by atoms with E-state index < -0.39 is 58.2 Å². The first-order valence-electron chi connectivity index (χ1n) is 11.5. The van der Waals surface area contributed by atoms with E-state index in [-0.39, 0.29) is 5.69 Å². The molecule has 5 atom stereocenters. The van der Waals surface area contributed by atoms with E-state index in [0.717, 1.165) is 0 Å². The van der Waals surface area contributed by atoms with Crippen molar-refractivity contribution < 1.29 is 23.5 Å². The molecule has 2 aromatic rings. The molecule has 5 rings (SSSR count). The summed E-state index contributed by atoms with van der Waals surface area (Å²) in [4.78, 5) is 46.6. The molecule has 0 aliphatic carbocycles. The molecule has 3 amide bonds. The van der Waals surface area contributed by atoms with E-state index in [1.165, 1.54) is 29.3 Å². The van der Waals surface area contributed by atoms with Crippen LogP contribution in [0.2, 0.25) is 0 Å². The van der Waals surface area contributed by atoms with Crippen LogP contribution in [0.5, 0.6) is 0 Å². The molecule has 0 saturated carbocycles. The summed E-state index contributed by atoms with van der Waals surface area (Å²) >= 11 is 0. The average molecular weight is 479 g/mol. The zero-order valence-electron chi connectivity index (χ0n) is 19.9. The van der Waals surface area contributed by atoms with E-state index in [9.17, 15) is 18.8 Å². The van der Waals surface area contributed by atoms with Gasteiger partial charge in [-0.1, -0.05) is 24.3 Å². The van der Waals surface area contributed by atoms with Crippen LogP contribution in [-0.4, -0.2) is 45.5 Å². The predicted molar refractivity (Wildman–Crippen MR) is 127 cm³/mol. The van der Waals surface area contributed by atoms with E-state index >= 15 is 0 Å². The Morgan fingerprint density at radius 2 is 1.86 bits per heavy atom. The van der Waals surface area contributed by atoms with Gasteiger partial charge in [0.1, 0.15) is 17.5 Å². The van der Waals surface area contributed by atoms with E-state index in [1.807, 2.05) is 20.8 Å². The van der Waals surface area contributed by atoms with Gasteiger partial charge in [-0.25, -0.2) is 4.39 Å². The Kier molecular flexibility index (Phi) is 5.10. The molecule has 2 bridgehead atoms. The molecule has 2 fully saturated rings. The number of pyridine rings is 1. The van der Waals surface area contributed by atoms with Gasteiger partial charge in [-0.15, -0.1) is 0 Å². The van der Waals surface area contributed by atoms with Crippen molar-refractivity contribution in [3.63, 3.8) is 0 Å². The lowest BCUT2D eigenvalue weighted by molar-refractivity contribution is -0.131. The van der Waals surface area contributed by atoms with Crippen molar-refractivity contribution in [2.45, 2.75) is 50.5 Å². The largest absolute Gasteiger partial charge is 0.356 e. The van der Waals surface area contributed by atoms with Crippen molar-refractivity contribution in [1.29, 1.82) is 0 Å². The molecule has 4 heterocycles. The van der Waals surface area contributed by atoms with Crippen LogP contribution in [0.4, 0.5) is 15.8 Å². The minimum absolute atomic E-state index is 0.0125. The zero-order valence-corrected chi connectivity index (χ0v) is 19.9. The average Bonchev–Trinajstić information content (AvgIpc) is 3.35. The van der Waals surface area contributed by atoms with Gasteiger partial charge in [0, 0.05) is 11.7 Å². The minimum atomic E-state index is -1.37. The number of benzene rings is 1. The highest BCUT2D eigenvalue weighted by Gasteiger charge is 2.76. The number of aromatic nitrogens is 1. The molecule has 3 aliphatic rings. The topological polar surface area (TPSA) is 101 Å². The van der Waals surface area contributed by atoms with Crippen molar-refractivity contribution >= 4 is 29.1 Å². The van der Waals surface area contributed by atoms with Crippen molar-refractivity contribution in [3.05, 3.63) is 66.8 Å². The summed E-state index contributed by atoms with van der Waals surface area (Å²) in [5.41, 5.74) is -2.64. The van der Waals surface area contributed by atoms with E-state index in [0.29, 0.717) is 5.69 Å². The minimum Gasteiger partial charge on any atom is -0.356 e. The van der Waals surface area contributed by atoms with Gasteiger partial charge in [-0.05, 0) is 52.0 Å². The maximum Gasteiger partial charge on any atom is 0.246 e. The van der Waals surface area contributed by atoms with Crippen LogP contribution in [0.3, 0.4) is 0 Å². The Hall–Kier alpha value is -3.59. The lowest BCUT2D eigenvalue weighted by Gasteiger charge is -2.34. The van der Waals surface area contributed by atoms with Gasteiger partial charge in [0.2, 0.25) is 17.7 Å². The molecule has 1 aromatic carbocycles. The highest BCUT2D eigenvalue weighted by atomic mass is 19.1.